The molecule has 2 rings (SSSR count). The van der Waals surface area contributed by atoms with Crippen LogP contribution >= 0.6 is 0 Å². The van der Waals surface area contributed by atoms with Crippen molar-refractivity contribution in [3.8, 4) is 0 Å². The highest BCUT2D eigenvalue weighted by molar-refractivity contribution is 5.98. The minimum absolute atomic E-state index is 0.0263. The number of rotatable bonds is 8. The molecule has 142 valence electrons. The van der Waals surface area contributed by atoms with E-state index < -0.39 is 4.92 Å². The molecular weight excluding hydrogens is 334 g/mol. The summed E-state index contributed by atoms with van der Waals surface area (Å²) < 4.78 is 0. The SMILES string of the molecule is CCCCCCNC(=O)C1CCCN(C(=O)c2ccccc2[N+](=O)[O-])C1. The predicted octanol–water partition coefficient (Wildman–Crippen LogP) is 3.14. The highest BCUT2D eigenvalue weighted by Crippen LogP contribution is 2.23. The summed E-state index contributed by atoms with van der Waals surface area (Å²) in [6, 6.07) is 5.96. The van der Waals surface area contributed by atoms with E-state index in [2.05, 4.69) is 12.2 Å². The molecule has 1 heterocycles. The van der Waals surface area contributed by atoms with Crippen LogP contribution in [0.5, 0.6) is 0 Å². The summed E-state index contributed by atoms with van der Waals surface area (Å²) in [6.07, 6.45) is 5.84. The summed E-state index contributed by atoms with van der Waals surface area (Å²) in [7, 11) is 0. The Bertz CT molecular complexity index is 647. The van der Waals surface area contributed by atoms with Gasteiger partial charge in [-0.3, -0.25) is 19.7 Å². The third kappa shape index (κ3) is 5.28. The van der Waals surface area contributed by atoms with E-state index in [9.17, 15) is 19.7 Å². The van der Waals surface area contributed by atoms with Crippen molar-refractivity contribution in [2.24, 2.45) is 5.92 Å². The largest absolute Gasteiger partial charge is 0.356 e. The summed E-state index contributed by atoms with van der Waals surface area (Å²) >= 11 is 0. The van der Waals surface area contributed by atoms with Gasteiger partial charge in [-0.15, -0.1) is 0 Å². The number of carbonyl (C=O) groups is 2. The Labute approximate surface area is 153 Å². The van der Waals surface area contributed by atoms with Gasteiger partial charge in [0.05, 0.1) is 10.8 Å². The average Bonchev–Trinajstić information content (AvgIpc) is 2.67. The molecule has 1 aliphatic rings. The fourth-order valence-electron chi connectivity index (χ4n) is 3.27. The van der Waals surface area contributed by atoms with Crippen LogP contribution in [0, 0.1) is 16.0 Å². The standard InChI is InChI=1S/C19H27N3O4/c1-2-3-4-7-12-20-18(23)15-9-8-13-21(14-15)19(24)16-10-5-6-11-17(16)22(25)26/h5-6,10-11,15H,2-4,7-9,12-14H2,1H3,(H,20,23). The molecule has 7 heteroatoms. The van der Waals surface area contributed by atoms with E-state index in [1.165, 1.54) is 12.1 Å². The van der Waals surface area contributed by atoms with Crippen molar-refractivity contribution in [1.82, 2.24) is 10.2 Å². The first-order valence-corrected chi connectivity index (χ1v) is 9.35. The minimum Gasteiger partial charge on any atom is -0.356 e. The molecule has 1 fully saturated rings. The first-order valence-electron chi connectivity index (χ1n) is 9.35. The Morgan fingerprint density at radius 1 is 1.27 bits per heavy atom. The number of nitrogens with one attached hydrogen (secondary N) is 1. The number of nitrogens with zero attached hydrogens (tertiary/aromatic N) is 2. The van der Waals surface area contributed by atoms with Crippen LogP contribution < -0.4 is 5.32 Å². The maximum Gasteiger partial charge on any atom is 0.282 e. The molecule has 26 heavy (non-hydrogen) atoms. The summed E-state index contributed by atoms with van der Waals surface area (Å²) in [5.41, 5.74) is -0.113. The number of hydrogen-bond acceptors (Lipinski definition) is 4. The lowest BCUT2D eigenvalue weighted by molar-refractivity contribution is -0.385. The quantitative estimate of drug-likeness (QED) is 0.437. The summed E-state index contributed by atoms with van der Waals surface area (Å²) in [5.74, 6) is -0.652. The Hall–Kier alpha value is -2.44. The molecule has 1 N–H and O–H groups in total. The molecule has 2 amide bonds. The molecule has 0 bridgehead atoms. The normalized spacial score (nSPS) is 17.0. The topological polar surface area (TPSA) is 92.6 Å². The van der Waals surface area contributed by atoms with E-state index in [4.69, 9.17) is 0 Å². The van der Waals surface area contributed by atoms with Crippen LogP contribution in [0.15, 0.2) is 24.3 Å². The van der Waals surface area contributed by atoms with Gasteiger partial charge in [0.2, 0.25) is 5.91 Å². The Morgan fingerprint density at radius 3 is 2.77 bits per heavy atom. The fourth-order valence-corrected chi connectivity index (χ4v) is 3.27. The van der Waals surface area contributed by atoms with Gasteiger partial charge in [-0.2, -0.15) is 0 Å². The van der Waals surface area contributed by atoms with Crippen LogP contribution in [0.3, 0.4) is 0 Å². The molecule has 1 aromatic rings. The number of amides is 2. The van der Waals surface area contributed by atoms with E-state index in [1.807, 2.05) is 0 Å². The fraction of sp³-hybridized carbons (Fsp3) is 0.579. The van der Waals surface area contributed by atoms with Crippen molar-refractivity contribution in [2.75, 3.05) is 19.6 Å². The minimum atomic E-state index is -0.544. The maximum atomic E-state index is 12.7. The van der Waals surface area contributed by atoms with Crippen LogP contribution in [0.2, 0.25) is 0 Å². The van der Waals surface area contributed by atoms with Crippen LogP contribution in [-0.2, 0) is 4.79 Å². The van der Waals surface area contributed by atoms with Crippen LogP contribution in [-0.4, -0.2) is 41.3 Å². The number of nitro groups is 1. The maximum absolute atomic E-state index is 12.7. The number of unbranched alkanes of at least 4 members (excludes halogenated alkanes) is 3. The summed E-state index contributed by atoms with van der Waals surface area (Å²) in [6.45, 7) is 3.63. The van der Waals surface area contributed by atoms with E-state index in [0.717, 1.165) is 38.5 Å². The van der Waals surface area contributed by atoms with Crippen LogP contribution in [0.1, 0.15) is 55.8 Å². The van der Waals surface area contributed by atoms with Crippen molar-refractivity contribution in [1.29, 1.82) is 0 Å². The van der Waals surface area contributed by atoms with Gasteiger partial charge >= 0.3 is 0 Å². The highest BCUT2D eigenvalue weighted by Gasteiger charge is 2.31. The first kappa shape index (κ1) is 19.9. The monoisotopic (exact) mass is 361 g/mol. The molecule has 0 spiro atoms. The molecule has 1 aliphatic heterocycles. The second-order valence-electron chi connectivity index (χ2n) is 6.72. The zero-order valence-corrected chi connectivity index (χ0v) is 15.3. The third-order valence-corrected chi connectivity index (χ3v) is 4.74. The number of benzene rings is 1. The molecule has 0 saturated carbocycles. The smallest absolute Gasteiger partial charge is 0.282 e. The molecule has 1 saturated heterocycles. The van der Waals surface area contributed by atoms with Gasteiger partial charge in [0.1, 0.15) is 5.56 Å². The van der Waals surface area contributed by atoms with Crippen molar-refractivity contribution in [3.63, 3.8) is 0 Å². The van der Waals surface area contributed by atoms with E-state index in [1.54, 1.807) is 17.0 Å². The Morgan fingerprint density at radius 2 is 2.04 bits per heavy atom. The molecular formula is C19H27N3O4. The molecule has 1 unspecified atom stereocenters. The van der Waals surface area contributed by atoms with Crippen molar-refractivity contribution in [3.05, 3.63) is 39.9 Å². The lowest BCUT2D eigenvalue weighted by Crippen LogP contribution is -2.45. The van der Waals surface area contributed by atoms with Gasteiger partial charge < -0.3 is 10.2 Å². The zero-order chi connectivity index (χ0) is 18.9. The van der Waals surface area contributed by atoms with Gasteiger partial charge in [0, 0.05) is 25.7 Å². The second-order valence-corrected chi connectivity index (χ2v) is 6.72. The van der Waals surface area contributed by atoms with Crippen molar-refractivity contribution >= 4 is 17.5 Å². The van der Waals surface area contributed by atoms with E-state index in [0.29, 0.717) is 19.6 Å². The number of hydrogen-bond donors (Lipinski definition) is 1. The molecule has 1 atom stereocenters. The van der Waals surface area contributed by atoms with Gasteiger partial charge in [0.15, 0.2) is 0 Å². The lowest BCUT2D eigenvalue weighted by Gasteiger charge is -2.32. The van der Waals surface area contributed by atoms with Gasteiger partial charge in [-0.25, -0.2) is 0 Å². The molecule has 1 aromatic carbocycles. The van der Waals surface area contributed by atoms with Crippen LogP contribution in [0.4, 0.5) is 5.69 Å². The van der Waals surface area contributed by atoms with Crippen molar-refractivity contribution in [2.45, 2.75) is 45.4 Å². The number of carbonyl (C=O) groups excluding carboxylic acids is 2. The number of piperidine rings is 1. The van der Waals surface area contributed by atoms with Gasteiger partial charge in [-0.1, -0.05) is 38.3 Å². The predicted molar refractivity (Wildman–Crippen MR) is 98.9 cm³/mol. The Kier molecular flexibility index (Phi) is 7.56. The Balaban J connectivity index is 1.94. The summed E-state index contributed by atoms with van der Waals surface area (Å²) in [4.78, 5) is 37.2. The van der Waals surface area contributed by atoms with E-state index >= 15 is 0 Å². The zero-order valence-electron chi connectivity index (χ0n) is 15.3. The van der Waals surface area contributed by atoms with Crippen LogP contribution in [0.25, 0.3) is 0 Å². The van der Waals surface area contributed by atoms with E-state index in [-0.39, 0.29) is 29.0 Å². The molecule has 7 nitrogen and oxygen atoms in total. The number of para-hydroxylation sites is 1. The van der Waals surface area contributed by atoms with Gasteiger partial charge in [0.25, 0.3) is 11.6 Å². The summed E-state index contributed by atoms with van der Waals surface area (Å²) in [5, 5.41) is 14.1. The van der Waals surface area contributed by atoms with Gasteiger partial charge in [-0.05, 0) is 25.3 Å². The highest BCUT2D eigenvalue weighted by atomic mass is 16.6. The molecule has 0 aliphatic carbocycles. The number of likely N-dealkylation sites (tertiary alicyclic amines) is 1. The molecule has 0 radical (unpaired) electrons. The lowest BCUT2D eigenvalue weighted by atomic mass is 9.96. The molecule has 0 aromatic heterocycles. The average molecular weight is 361 g/mol. The third-order valence-electron chi connectivity index (χ3n) is 4.74. The van der Waals surface area contributed by atoms with Crippen molar-refractivity contribution < 1.29 is 14.5 Å². The first-order chi connectivity index (χ1) is 12.5. The number of nitro benzene ring substituents is 1. The second kappa shape index (κ2) is 9.89.